The average molecular weight is 221 g/mol. The number of aromatic nitrogens is 1. The van der Waals surface area contributed by atoms with E-state index in [9.17, 15) is 4.79 Å². The van der Waals surface area contributed by atoms with Crippen LogP contribution in [-0.2, 0) is 4.74 Å². The molecule has 1 rings (SSSR count). The van der Waals surface area contributed by atoms with Gasteiger partial charge in [-0.1, -0.05) is 22.9 Å². The van der Waals surface area contributed by atoms with Crippen LogP contribution in [0.5, 0.6) is 0 Å². The van der Waals surface area contributed by atoms with Gasteiger partial charge in [-0.25, -0.2) is 9.78 Å². The van der Waals surface area contributed by atoms with E-state index in [1.54, 1.807) is 0 Å². The van der Waals surface area contributed by atoms with Crippen molar-refractivity contribution in [2.75, 3.05) is 19.0 Å². The van der Waals surface area contributed by atoms with E-state index in [0.29, 0.717) is 10.0 Å². The molecule has 0 atom stereocenters. The Balaban J connectivity index is 2.89. The first-order valence-electron chi connectivity index (χ1n) is 3.67. The Bertz CT molecular complexity index is 313. The van der Waals surface area contributed by atoms with Crippen LogP contribution in [-0.4, -0.2) is 24.6 Å². The standard InChI is InChI=1S/C7H9ClN2O2S/c1-3-9-7-10-5(8)4(13-7)6(11)12-2/h3H2,1-2H3,(H,9,10). The summed E-state index contributed by atoms with van der Waals surface area (Å²) in [5, 5.41) is 3.78. The van der Waals surface area contributed by atoms with Crippen LogP contribution in [0.1, 0.15) is 16.6 Å². The number of anilines is 1. The number of carbonyl (C=O) groups excluding carboxylic acids is 1. The number of esters is 1. The second-order valence-electron chi connectivity index (χ2n) is 2.16. The van der Waals surface area contributed by atoms with Crippen molar-refractivity contribution < 1.29 is 9.53 Å². The third-order valence-electron chi connectivity index (χ3n) is 1.28. The average Bonchev–Trinajstić information content (AvgIpc) is 2.46. The van der Waals surface area contributed by atoms with Crippen molar-refractivity contribution in [1.82, 2.24) is 4.98 Å². The minimum atomic E-state index is -0.452. The highest BCUT2D eigenvalue weighted by Gasteiger charge is 2.16. The van der Waals surface area contributed by atoms with Gasteiger partial charge in [0, 0.05) is 6.54 Å². The molecule has 1 aromatic heterocycles. The highest BCUT2D eigenvalue weighted by molar-refractivity contribution is 7.18. The van der Waals surface area contributed by atoms with Gasteiger partial charge < -0.3 is 10.1 Å². The van der Waals surface area contributed by atoms with Crippen molar-refractivity contribution in [2.45, 2.75) is 6.92 Å². The second kappa shape index (κ2) is 4.43. The number of nitrogens with one attached hydrogen (secondary N) is 1. The molecular weight excluding hydrogens is 212 g/mol. The number of hydrogen-bond donors (Lipinski definition) is 1. The lowest BCUT2D eigenvalue weighted by Gasteiger charge is -1.93. The van der Waals surface area contributed by atoms with Gasteiger partial charge in [-0.05, 0) is 6.92 Å². The smallest absolute Gasteiger partial charge is 0.351 e. The van der Waals surface area contributed by atoms with Gasteiger partial charge >= 0.3 is 5.97 Å². The van der Waals surface area contributed by atoms with Crippen LogP contribution < -0.4 is 5.32 Å². The fourth-order valence-corrected chi connectivity index (χ4v) is 1.92. The molecule has 72 valence electrons. The van der Waals surface area contributed by atoms with Crippen molar-refractivity contribution in [3.63, 3.8) is 0 Å². The molecule has 0 saturated heterocycles. The van der Waals surface area contributed by atoms with E-state index in [0.717, 1.165) is 6.54 Å². The van der Waals surface area contributed by atoms with Gasteiger partial charge in [0.2, 0.25) is 0 Å². The molecule has 0 aliphatic heterocycles. The molecule has 0 aliphatic rings. The van der Waals surface area contributed by atoms with Gasteiger partial charge in [-0.2, -0.15) is 0 Å². The largest absolute Gasteiger partial charge is 0.465 e. The lowest BCUT2D eigenvalue weighted by molar-refractivity contribution is 0.0606. The molecule has 1 N–H and O–H groups in total. The van der Waals surface area contributed by atoms with E-state index in [2.05, 4.69) is 15.0 Å². The van der Waals surface area contributed by atoms with E-state index in [1.165, 1.54) is 18.4 Å². The number of rotatable bonds is 3. The summed E-state index contributed by atoms with van der Waals surface area (Å²) in [7, 11) is 1.31. The first-order chi connectivity index (χ1) is 6.19. The predicted molar refractivity (Wildman–Crippen MR) is 52.6 cm³/mol. The molecule has 0 bridgehead atoms. The zero-order valence-corrected chi connectivity index (χ0v) is 8.83. The first-order valence-corrected chi connectivity index (χ1v) is 4.87. The van der Waals surface area contributed by atoms with Gasteiger partial charge in [0.25, 0.3) is 0 Å². The van der Waals surface area contributed by atoms with Gasteiger partial charge in [-0.3, -0.25) is 0 Å². The summed E-state index contributed by atoms with van der Waals surface area (Å²) in [5.41, 5.74) is 0. The lowest BCUT2D eigenvalue weighted by Crippen LogP contribution is -1.98. The SMILES string of the molecule is CCNc1nc(Cl)c(C(=O)OC)s1. The summed E-state index contributed by atoms with van der Waals surface area (Å²) in [6.45, 7) is 2.68. The van der Waals surface area contributed by atoms with E-state index < -0.39 is 5.97 Å². The van der Waals surface area contributed by atoms with Gasteiger partial charge in [0.05, 0.1) is 7.11 Å². The number of halogens is 1. The van der Waals surface area contributed by atoms with Crippen LogP contribution in [0.2, 0.25) is 5.15 Å². The summed E-state index contributed by atoms with van der Waals surface area (Å²) >= 11 is 6.90. The predicted octanol–water partition coefficient (Wildman–Crippen LogP) is 2.01. The van der Waals surface area contributed by atoms with Crippen molar-refractivity contribution >= 4 is 34.0 Å². The highest BCUT2D eigenvalue weighted by atomic mass is 35.5. The number of methoxy groups -OCH3 is 1. The van der Waals surface area contributed by atoms with Crippen molar-refractivity contribution in [3.05, 3.63) is 10.0 Å². The number of nitrogens with zero attached hydrogens (tertiary/aromatic N) is 1. The quantitative estimate of drug-likeness (QED) is 0.792. The lowest BCUT2D eigenvalue weighted by atomic mass is 10.6. The maximum absolute atomic E-state index is 11.1. The summed E-state index contributed by atoms with van der Waals surface area (Å²) in [5.74, 6) is -0.452. The van der Waals surface area contributed by atoms with E-state index in [4.69, 9.17) is 11.6 Å². The maximum atomic E-state index is 11.1. The number of carbonyl (C=O) groups is 1. The van der Waals surface area contributed by atoms with Crippen LogP contribution in [0.4, 0.5) is 5.13 Å². The molecule has 0 aliphatic carbocycles. The first kappa shape index (κ1) is 10.3. The topological polar surface area (TPSA) is 51.2 Å². The zero-order valence-electron chi connectivity index (χ0n) is 7.26. The Morgan fingerprint density at radius 1 is 1.77 bits per heavy atom. The minimum absolute atomic E-state index is 0.188. The highest BCUT2D eigenvalue weighted by Crippen LogP contribution is 2.27. The number of hydrogen-bond acceptors (Lipinski definition) is 5. The van der Waals surface area contributed by atoms with E-state index >= 15 is 0 Å². The van der Waals surface area contributed by atoms with Crippen LogP contribution in [0.3, 0.4) is 0 Å². The van der Waals surface area contributed by atoms with E-state index in [-0.39, 0.29) is 5.15 Å². The number of thiazole rings is 1. The summed E-state index contributed by atoms with van der Waals surface area (Å²) in [6.07, 6.45) is 0. The van der Waals surface area contributed by atoms with Crippen LogP contribution in [0.15, 0.2) is 0 Å². The minimum Gasteiger partial charge on any atom is -0.465 e. The third kappa shape index (κ3) is 2.32. The molecular formula is C7H9ClN2O2S. The zero-order chi connectivity index (χ0) is 9.84. The molecule has 0 amide bonds. The molecule has 0 spiro atoms. The molecule has 4 nitrogen and oxygen atoms in total. The Morgan fingerprint density at radius 3 is 3.00 bits per heavy atom. The normalized spacial score (nSPS) is 9.77. The van der Waals surface area contributed by atoms with Gasteiger partial charge in [-0.15, -0.1) is 0 Å². The second-order valence-corrected chi connectivity index (χ2v) is 3.52. The molecule has 6 heteroatoms. The van der Waals surface area contributed by atoms with Gasteiger partial charge in [0.1, 0.15) is 0 Å². The Morgan fingerprint density at radius 2 is 2.46 bits per heavy atom. The summed E-state index contributed by atoms with van der Waals surface area (Å²) < 4.78 is 4.53. The molecule has 0 unspecified atom stereocenters. The maximum Gasteiger partial charge on any atom is 0.351 e. The molecule has 0 radical (unpaired) electrons. The van der Waals surface area contributed by atoms with Crippen LogP contribution >= 0.6 is 22.9 Å². The van der Waals surface area contributed by atoms with Crippen molar-refractivity contribution in [3.8, 4) is 0 Å². The molecule has 13 heavy (non-hydrogen) atoms. The fourth-order valence-electron chi connectivity index (χ4n) is 0.747. The van der Waals surface area contributed by atoms with E-state index in [1.807, 2.05) is 6.92 Å². The van der Waals surface area contributed by atoms with Crippen molar-refractivity contribution in [2.24, 2.45) is 0 Å². The number of ether oxygens (including phenoxy) is 1. The molecule has 1 aromatic rings. The molecule has 0 fully saturated rings. The van der Waals surface area contributed by atoms with Crippen molar-refractivity contribution in [1.29, 1.82) is 0 Å². The fraction of sp³-hybridized carbons (Fsp3) is 0.429. The summed E-state index contributed by atoms with van der Waals surface area (Å²) in [6, 6.07) is 0. The molecule has 0 saturated carbocycles. The van der Waals surface area contributed by atoms with Crippen LogP contribution in [0, 0.1) is 0 Å². The molecule has 0 aromatic carbocycles. The molecule has 1 heterocycles. The Hall–Kier alpha value is -0.810. The summed E-state index contributed by atoms with van der Waals surface area (Å²) in [4.78, 5) is 15.4. The van der Waals surface area contributed by atoms with Crippen LogP contribution in [0.25, 0.3) is 0 Å². The monoisotopic (exact) mass is 220 g/mol. The van der Waals surface area contributed by atoms with Gasteiger partial charge in [0.15, 0.2) is 15.2 Å². The Labute approximate surface area is 84.9 Å². The Kier molecular flexibility index (Phi) is 3.50. The third-order valence-corrected chi connectivity index (χ3v) is 2.66.